The molecule has 3 rings (SSSR count). The molecule has 1 amide bonds. The first kappa shape index (κ1) is 17.9. The summed E-state index contributed by atoms with van der Waals surface area (Å²) in [5, 5.41) is 0. The Kier molecular flexibility index (Phi) is 4.86. The van der Waals surface area contributed by atoms with Gasteiger partial charge in [-0.1, -0.05) is 0 Å². The van der Waals surface area contributed by atoms with E-state index in [1.54, 1.807) is 0 Å². The van der Waals surface area contributed by atoms with Crippen molar-refractivity contribution in [3.8, 4) is 0 Å². The fraction of sp³-hybridized carbons (Fsp3) is 0.722. The lowest BCUT2D eigenvalue weighted by Crippen LogP contribution is -2.47. The van der Waals surface area contributed by atoms with Crippen molar-refractivity contribution in [3.05, 3.63) is 27.4 Å². The van der Waals surface area contributed by atoms with Gasteiger partial charge in [-0.3, -0.25) is 9.69 Å². The topological polar surface area (TPSA) is 78.5 Å². The van der Waals surface area contributed by atoms with Gasteiger partial charge in [-0.2, -0.15) is 0 Å². The molecule has 1 atom stereocenters. The molecule has 0 aromatic carbocycles. The Balaban J connectivity index is 1.66. The minimum Gasteiger partial charge on any atom is -0.444 e. The largest absolute Gasteiger partial charge is 0.444 e. The molecule has 1 fully saturated rings. The number of carbonyl (C=O) groups excluding carboxylic acids is 1. The van der Waals surface area contributed by atoms with Crippen LogP contribution in [0, 0.1) is 6.92 Å². The molecule has 0 spiro atoms. The van der Waals surface area contributed by atoms with Crippen molar-refractivity contribution in [1.29, 1.82) is 0 Å². The van der Waals surface area contributed by atoms with E-state index < -0.39 is 5.60 Å². The van der Waals surface area contributed by atoms with E-state index in [2.05, 4.69) is 14.9 Å². The summed E-state index contributed by atoms with van der Waals surface area (Å²) in [5.74, 6) is 0.654. The van der Waals surface area contributed by atoms with Crippen molar-refractivity contribution in [2.75, 3.05) is 19.6 Å². The highest BCUT2D eigenvalue weighted by atomic mass is 16.6. The standard InChI is InChI=1S/C18H28N4O3/c1-12-19-15-11-21(9-7-14(15)16(23)20-12)10-13-6-5-8-22(13)17(24)25-18(2,3)4/h13H,5-11H2,1-4H3,(H,19,20,23). The summed E-state index contributed by atoms with van der Waals surface area (Å²) in [6, 6.07) is 0.166. The molecule has 1 saturated heterocycles. The zero-order valence-corrected chi connectivity index (χ0v) is 15.6. The number of likely N-dealkylation sites (tertiary alicyclic amines) is 1. The monoisotopic (exact) mass is 348 g/mol. The number of H-pyrrole nitrogens is 1. The third-order valence-electron chi connectivity index (χ3n) is 4.75. The highest BCUT2D eigenvalue weighted by Gasteiger charge is 2.34. The van der Waals surface area contributed by atoms with E-state index in [0.29, 0.717) is 18.8 Å². The summed E-state index contributed by atoms with van der Waals surface area (Å²) >= 11 is 0. The average molecular weight is 348 g/mol. The average Bonchev–Trinajstić information content (AvgIpc) is 2.93. The second kappa shape index (κ2) is 6.78. The van der Waals surface area contributed by atoms with E-state index in [1.165, 1.54) is 0 Å². The SMILES string of the molecule is Cc1nc2c(c(=O)[nH]1)CCN(CC1CCCN1C(=O)OC(C)(C)C)C2. The molecule has 2 aliphatic rings. The summed E-state index contributed by atoms with van der Waals surface area (Å²) in [4.78, 5) is 35.9. The number of nitrogens with zero attached hydrogens (tertiary/aromatic N) is 3. The maximum absolute atomic E-state index is 12.4. The molecule has 7 nitrogen and oxygen atoms in total. The van der Waals surface area contributed by atoms with Gasteiger partial charge in [0, 0.05) is 37.8 Å². The van der Waals surface area contributed by atoms with E-state index in [-0.39, 0.29) is 17.7 Å². The summed E-state index contributed by atoms with van der Waals surface area (Å²) in [6.07, 6.45) is 2.48. The van der Waals surface area contributed by atoms with Gasteiger partial charge < -0.3 is 14.6 Å². The minimum absolute atomic E-state index is 0.0154. The van der Waals surface area contributed by atoms with Gasteiger partial charge in [-0.05, 0) is 47.0 Å². The molecule has 0 saturated carbocycles. The van der Waals surface area contributed by atoms with Gasteiger partial charge in [0.1, 0.15) is 11.4 Å². The number of amides is 1. The Morgan fingerprint density at radius 1 is 1.36 bits per heavy atom. The summed E-state index contributed by atoms with van der Waals surface area (Å²) < 4.78 is 5.54. The lowest BCUT2D eigenvalue weighted by Gasteiger charge is -2.34. The Hall–Kier alpha value is -1.89. The van der Waals surface area contributed by atoms with Crippen LogP contribution >= 0.6 is 0 Å². The Labute approximate surface area is 148 Å². The molecule has 3 heterocycles. The van der Waals surface area contributed by atoms with Crippen molar-refractivity contribution in [2.24, 2.45) is 0 Å². The first-order valence-corrected chi connectivity index (χ1v) is 9.03. The lowest BCUT2D eigenvalue weighted by atomic mass is 10.1. The van der Waals surface area contributed by atoms with E-state index in [9.17, 15) is 9.59 Å². The minimum atomic E-state index is -0.475. The maximum Gasteiger partial charge on any atom is 0.410 e. The molecular formula is C18H28N4O3. The van der Waals surface area contributed by atoms with E-state index in [0.717, 1.165) is 43.7 Å². The molecule has 7 heteroatoms. The lowest BCUT2D eigenvalue weighted by molar-refractivity contribution is 0.0191. The highest BCUT2D eigenvalue weighted by Crippen LogP contribution is 2.23. The number of ether oxygens (including phenoxy) is 1. The first-order valence-electron chi connectivity index (χ1n) is 9.03. The van der Waals surface area contributed by atoms with Crippen molar-refractivity contribution in [3.63, 3.8) is 0 Å². The van der Waals surface area contributed by atoms with E-state index >= 15 is 0 Å². The van der Waals surface area contributed by atoms with Gasteiger partial charge >= 0.3 is 6.09 Å². The number of hydrogen-bond acceptors (Lipinski definition) is 5. The van der Waals surface area contributed by atoms with Crippen LogP contribution in [0.2, 0.25) is 0 Å². The van der Waals surface area contributed by atoms with E-state index in [4.69, 9.17) is 4.74 Å². The van der Waals surface area contributed by atoms with Crippen LogP contribution in [-0.4, -0.2) is 57.1 Å². The molecule has 1 N–H and O–H groups in total. The molecule has 0 radical (unpaired) electrons. The number of aromatic nitrogens is 2. The van der Waals surface area contributed by atoms with Crippen molar-refractivity contribution in [1.82, 2.24) is 19.8 Å². The molecule has 1 unspecified atom stereocenters. The van der Waals surface area contributed by atoms with Crippen LogP contribution in [0.15, 0.2) is 4.79 Å². The smallest absolute Gasteiger partial charge is 0.410 e. The molecule has 25 heavy (non-hydrogen) atoms. The second-order valence-electron chi connectivity index (χ2n) is 8.03. The normalized spacial score (nSPS) is 21.3. The number of rotatable bonds is 2. The van der Waals surface area contributed by atoms with Crippen LogP contribution < -0.4 is 5.56 Å². The predicted molar refractivity (Wildman–Crippen MR) is 94.5 cm³/mol. The molecule has 138 valence electrons. The van der Waals surface area contributed by atoms with Crippen LogP contribution in [0.1, 0.15) is 50.7 Å². The molecule has 2 aliphatic heterocycles. The predicted octanol–water partition coefficient (Wildman–Crippen LogP) is 1.84. The number of hydrogen-bond donors (Lipinski definition) is 1. The molecule has 1 aromatic heterocycles. The van der Waals surface area contributed by atoms with Crippen LogP contribution in [0.5, 0.6) is 0 Å². The molecule has 0 bridgehead atoms. The second-order valence-corrected chi connectivity index (χ2v) is 8.03. The Morgan fingerprint density at radius 2 is 2.12 bits per heavy atom. The molecule has 0 aliphatic carbocycles. The third-order valence-corrected chi connectivity index (χ3v) is 4.75. The van der Waals surface area contributed by atoms with Crippen LogP contribution in [0.4, 0.5) is 4.79 Å². The van der Waals surface area contributed by atoms with Gasteiger partial charge in [-0.15, -0.1) is 0 Å². The van der Waals surface area contributed by atoms with Gasteiger partial charge in [-0.25, -0.2) is 9.78 Å². The van der Waals surface area contributed by atoms with Crippen LogP contribution in [-0.2, 0) is 17.7 Å². The zero-order valence-electron chi connectivity index (χ0n) is 15.6. The first-order chi connectivity index (χ1) is 11.7. The number of aromatic amines is 1. The van der Waals surface area contributed by atoms with Gasteiger partial charge in [0.25, 0.3) is 5.56 Å². The van der Waals surface area contributed by atoms with Gasteiger partial charge in [0.15, 0.2) is 0 Å². The number of nitrogens with one attached hydrogen (secondary N) is 1. The van der Waals surface area contributed by atoms with Crippen LogP contribution in [0.3, 0.4) is 0 Å². The third kappa shape index (κ3) is 4.21. The summed E-state index contributed by atoms with van der Waals surface area (Å²) in [6.45, 7) is 10.5. The van der Waals surface area contributed by atoms with Crippen molar-refractivity contribution < 1.29 is 9.53 Å². The highest BCUT2D eigenvalue weighted by molar-refractivity contribution is 5.69. The molecule has 1 aromatic rings. The Morgan fingerprint density at radius 3 is 2.84 bits per heavy atom. The van der Waals surface area contributed by atoms with Crippen LogP contribution in [0.25, 0.3) is 0 Å². The maximum atomic E-state index is 12.4. The number of fused-ring (bicyclic) bond motifs is 1. The number of carbonyl (C=O) groups is 1. The fourth-order valence-corrected chi connectivity index (χ4v) is 3.66. The summed E-state index contributed by atoms with van der Waals surface area (Å²) in [5.41, 5.74) is 1.18. The van der Waals surface area contributed by atoms with Gasteiger partial charge in [0.2, 0.25) is 0 Å². The van der Waals surface area contributed by atoms with Gasteiger partial charge in [0.05, 0.1) is 5.69 Å². The fourth-order valence-electron chi connectivity index (χ4n) is 3.66. The van der Waals surface area contributed by atoms with E-state index in [1.807, 2.05) is 32.6 Å². The summed E-state index contributed by atoms with van der Waals surface area (Å²) in [7, 11) is 0. The molecular weight excluding hydrogens is 320 g/mol. The zero-order chi connectivity index (χ0) is 18.2. The quantitative estimate of drug-likeness (QED) is 0.882. The van der Waals surface area contributed by atoms with Crippen molar-refractivity contribution >= 4 is 6.09 Å². The van der Waals surface area contributed by atoms with Crippen molar-refractivity contribution in [2.45, 2.75) is 65.1 Å². The Bertz CT molecular complexity index is 707. The number of aryl methyl sites for hydroxylation is 1.